The van der Waals surface area contributed by atoms with Gasteiger partial charge >= 0.3 is 6.18 Å². The van der Waals surface area contributed by atoms with Gasteiger partial charge in [0.15, 0.2) is 5.69 Å². The molecule has 0 fully saturated rings. The molecule has 0 aliphatic heterocycles. The molecule has 0 atom stereocenters. The summed E-state index contributed by atoms with van der Waals surface area (Å²) >= 11 is 0. The Morgan fingerprint density at radius 1 is 1.38 bits per heavy atom. The van der Waals surface area contributed by atoms with E-state index in [-0.39, 0.29) is 4.68 Å². The maximum Gasteiger partial charge on any atom is 0.434 e. The van der Waals surface area contributed by atoms with E-state index in [1.54, 1.807) is 0 Å². The molecule has 1 heterocycles. The minimum absolute atomic E-state index is 0.0668. The molecule has 1 rings (SSSR count). The van der Waals surface area contributed by atoms with Gasteiger partial charge in [-0.05, 0) is 0 Å². The van der Waals surface area contributed by atoms with Crippen molar-refractivity contribution >= 4 is 0 Å². The van der Waals surface area contributed by atoms with Crippen molar-refractivity contribution in [2.45, 2.75) is 25.6 Å². The number of alkyl halides is 5. The molecule has 0 bridgehead atoms. The first-order chi connectivity index (χ1) is 7.36. The molecule has 0 N–H and O–H groups in total. The van der Waals surface area contributed by atoms with Crippen LogP contribution in [0.15, 0.2) is 0 Å². The van der Waals surface area contributed by atoms with E-state index in [0.717, 1.165) is 0 Å². The van der Waals surface area contributed by atoms with E-state index in [1.165, 1.54) is 6.07 Å². The molecule has 0 saturated carbocycles. The molecular weight excluding hydrogens is 235 g/mol. The van der Waals surface area contributed by atoms with E-state index >= 15 is 0 Å². The zero-order valence-electron chi connectivity index (χ0n) is 7.67. The number of aromatic nitrogens is 3. The van der Waals surface area contributed by atoms with Gasteiger partial charge in [0.2, 0.25) is 0 Å². The van der Waals surface area contributed by atoms with Crippen molar-refractivity contribution in [2.24, 2.45) is 0 Å². The molecule has 0 radical (unpaired) electrons. The normalized spacial score (nSPS) is 11.8. The summed E-state index contributed by atoms with van der Waals surface area (Å²) in [5, 5.41) is 14.3. The third-order valence-corrected chi connectivity index (χ3v) is 1.63. The van der Waals surface area contributed by atoms with Crippen LogP contribution in [0, 0.1) is 11.3 Å². The summed E-state index contributed by atoms with van der Waals surface area (Å²) < 4.78 is 61.4. The molecule has 1 aromatic heterocycles. The fourth-order valence-electron chi connectivity index (χ4n) is 1.11. The first-order valence-corrected chi connectivity index (χ1v) is 4.01. The number of nitriles is 1. The number of hydrogen-bond acceptors (Lipinski definition) is 3. The van der Waals surface area contributed by atoms with E-state index in [0.29, 0.717) is 0 Å². The van der Waals surface area contributed by atoms with Crippen LogP contribution < -0.4 is 0 Å². The summed E-state index contributed by atoms with van der Waals surface area (Å²) in [4.78, 5) is 0. The molecule has 88 valence electrons. The smallest absolute Gasteiger partial charge is 0.234 e. The fraction of sp³-hybridized carbons (Fsp3) is 0.571. The van der Waals surface area contributed by atoms with Crippen LogP contribution in [-0.4, -0.2) is 21.4 Å². The summed E-state index contributed by atoms with van der Waals surface area (Å²) in [5.41, 5.74) is -2.04. The van der Waals surface area contributed by atoms with Gasteiger partial charge in [-0.15, -0.1) is 5.10 Å². The first kappa shape index (κ1) is 12.4. The number of hydrogen-bond donors (Lipinski definition) is 0. The average Bonchev–Trinajstić information content (AvgIpc) is 2.46. The molecule has 1 aromatic rings. The summed E-state index contributed by atoms with van der Waals surface area (Å²) in [7, 11) is 0. The van der Waals surface area contributed by atoms with Gasteiger partial charge in [-0.2, -0.15) is 18.4 Å². The Labute approximate surface area is 86.3 Å². The van der Waals surface area contributed by atoms with Gasteiger partial charge in [0, 0.05) is 0 Å². The second kappa shape index (κ2) is 4.42. The van der Waals surface area contributed by atoms with Crippen LogP contribution in [0.1, 0.15) is 11.4 Å². The molecule has 0 amide bonds. The number of halogens is 5. The lowest BCUT2D eigenvalue weighted by Gasteiger charge is -2.09. The van der Waals surface area contributed by atoms with Crippen molar-refractivity contribution in [2.75, 3.05) is 0 Å². The SMILES string of the molecule is N#CCc1nnn(CC(F)F)c1C(F)(F)F. The first-order valence-electron chi connectivity index (χ1n) is 4.01. The number of nitrogens with zero attached hydrogens (tertiary/aromatic N) is 4. The van der Waals surface area contributed by atoms with Crippen molar-refractivity contribution < 1.29 is 22.0 Å². The van der Waals surface area contributed by atoms with E-state index in [2.05, 4.69) is 10.3 Å². The third kappa shape index (κ3) is 2.65. The van der Waals surface area contributed by atoms with Gasteiger partial charge in [-0.25, -0.2) is 13.5 Å². The van der Waals surface area contributed by atoms with Crippen LogP contribution in [0.4, 0.5) is 22.0 Å². The minimum Gasteiger partial charge on any atom is -0.234 e. The van der Waals surface area contributed by atoms with Crippen LogP contribution in [-0.2, 0) is 19.1 Å². The second-order valence-corrected chi connectivity index (χ2v) is 2.79. The molecule has 0 aliphatic rings. The van der Waals surface area contributed by atoms with Crippen LogP contribution in [0.2, 0.25) is 0 Å². The standard InChI is InChI=1S/C7H5F5N4/c8-5(9)3-16-6(7(10,11)12)4(1-2-13)14-15-16/h5H,1,3H2. The third-order valence-electron chi connectivity index (χ3n) is 1.63. The van der Waals surface area contributed by atoms with Crippen molar-refractivity contribution in [3.8, 4) is 6.07 Å². The Kier molecular flexibility index (Phi) is 3.41. The van der Waals surface area contributed by atoms with Crippen molar-refractivity contribution in [3.05, 3.63) is 11.4 Å². The van der Waals surface area contributed by atoms with Crippen molar-refractivity contribution in [1.82, 2.24) is 15.0 Å². The van der Waals surface area contributed by atoms with E-state index < -0.39 is 37.0 Å². The van der Waals surface area contributed by atoms with E-state index in [1.807, 2.05) is 0 Å². The molecule has 0 spiro atoms. The summed E-state index contributed by atoms with van der Waals surface area (Å²) in [6.45, 7) is -1.20. The zero-order chi connectivity index (χ0) is 12.3. The Balaban J connectivity index is 3.15. The molecule has 9 heteroatoms. The zero-order valence-corrected chi connectivity index (χ0v) is 7.67. The Morgan fingerprint density at radius 3 is 2.44 bits per heavy atom. The molecule has 4 nitrogen and oxygen atoms in total. The predicted octanol–water partition coefficient (Wildman–Crippen LogP) is 1.63. The average molecular weight is 240 g/mol. The molecule has 0 saturated heterocycles. The van der Waals surface area contributed by atoms with Gasteiger partial charge in [0.05, 0.1) is 12.5 Å². The lowest BCUT2D eigenvalue weighted by Crippen LogP contribution is -2.19. The predicted molar refractivity (Wildman–Crippen MR) is 40.3 cm³/mol. The van der Waals surface area contributed by atoms with Crippen LogP contribution in [0.25, 0.3) is 0 Å². The summed E-state index contributed by atoms with van der Waals surface area (Å²) in [5.74, 6) is 0. The Morgan fingerprint density at radius 2 is 2.00 bits per heavy atom. The highest BCUT2D eigenvalue weighted by Crippen LogP contribution is 2.31. The van der Waals surface area contributed by atoms with Gasteiger partial charge in [0.25, 0.3) is 6.43 Å². The highest BCUT2D eigenvalue weighted by atomic mass is 19.4. The maximum atomic E-state index is 12.5. The quantitative estimate of drug-likeness (QED) is 0.754. The van der Waals surface area contributed by atoms with Gasteiger partial charge < -0.3 is 0 Å². The lowest BCUT2D eigenvalue weighted by atomic mass is 10.2. The second-order valence-electron chi connectivity index (χ2n) is 2.79. The van der Waals surface area contributed by atoms with E-state index in [9.17, 15) is 22.0 Å². The highest BCUT2D eigenvalue weighted by molar-refractivity contribution is 5.17. The molecule has 16 heavy (non-hydrogen) atoms. The van der Waals surface area contributed by atoms with Crippen molar-refractivity contribution in [3.63, 3.8) is 0 Å². The Hall–Kier alpha value is -1.72. The van der Waals surface area contributed by atoms with Crippen LogP contribution in [0.3, 0.4) is 0 Å². The topological polar surface area (TPSA) is 54.5 Å². The summed E-state index contributed by atoms with van der Waals surface area (Å²) in [6, 6.07) is 1.46. The van der Waals surface area contributed by atoms with Crippen molar-refractivity contribution in [1.29, 1.82) is 5.26 Å². The van der Waals surface area contributed by atoms with Gasteiger partial charge in [0.1, 0.15) is 12.2 Å². The highest BCUT2D eigenvalue weighted by Gasteiger charge is 2.39. The molecule has 0 aromatic carbocycles. The minimum atomic E-state index is -4.86. The van der Waals surface area contributed by atoms with Gasteiger partial charge in [-0.3, -0.25) is 0 Å². The monoisotopic (exact) mass is 240 g/mol. The fourth-order valence-corrected chi connectivity index (χ4v) is 1.11. The van der Waals surface area contributed by atoms with Gasteiger partial charge in [-0.1, -0.05) is 5.21 Å². The molecule has 0 unspecified atom stereocenters. The number of rotatable bonds is 3. The molecule has 0 aliphatic carbocycles. The Bertz CT molecular complexity index is 402. The van der Waals surface area contributed by atoms with E-state index in [4.69, 9.17) is 5.26 Å². The van der Waals surface area contributed by atoms with Crippen LogP contribution in [0.5, 0.6) is 0 Å². The molecular formula is C7H5F5N4. The lowest BCUT2D eigenvalue weighted by molar-refractivity contribution is -0.145. The van der Waals surface area contributed by atoms with Crippen LogP contribution >= 0.6 is 0 Å². The largest absolute Gasteiger partial charge is 0.434 e. The summed E-state index contributed by atoms with van der Waals surface area (Å²) in [6.07, 6.45) is -8.46. The maximum absolute atomic E-state index is 12.5.